The molecule has 2 fully saturated rings. The van der Waals surface area contributed by atoms with E-state index in [1.54, 1.807) is 0 Å². The first-order chi connectivity index (χ1) is 28.4. The summed E-state index contributed by atoms with van der Waals surface area (Å²) in [5.74, 6) is 0.864. The number of hydrogen-bond donors (Lipinski definition) is 7. The molecular formula is C48H95NO9. The molecule has 346 valence electrons. The second-order valence-corrected chi connectivity index (χ2v) is 18.2. The molecule has 2 rings (SSSR count). The van der Waals surface area contributed by atoms with Crippen LogP contribution in [0.4, 0.5) is 0 Å². The Morgan fingerprint density at radius 1 is 0.552 bits per heavy atom. The van der Waals surface area contributed by atoms with Gasteiger partial charge in [-0.25, -0.2) is 0 Å². The Hall–Kier alpha value is -0.400. The van der Waals surface area contributed by atoms with Crippen LogP contribution < -0.4 is 5.32 Å². The molecule has 7 N–H and O–H groups in total. The standard InChI is InChI=1S/C48H95NO9/c1-2-3-4-5-6-7-8-19-22-25-28-31-34-42(51)44(52)41(39-57-48-47(55)46(54)45(53)43(36-50)58-48)49-35-32-29-26-23-20-17-15-13-11-9-10-12-14-16-18-21-24-27-30-33-40-37-56-38-40/h40-55H,2-39H2,1H3/t41?,42?,43-,44?,45+,46+,47-,48+/m1/s1. The molecule has 0 aromatic heterocycles. The minimum Gasteiger partial charge on any atom is -0.394 e. The molecular weight excluding hydrogens is 735 g/mol. The second kappa shape index (κ2) is 37.2. The van der Waals surface area contributed by atoms with Gasteiger partial charge in [-0.15, -0.1) is 0 Å². The zero-order valence-electron chi connectivity index (χ0n) is 37.5. The molecule has 0 aromatic rings. The van der Waals surface area contributed by atoms with Crippen LogP contribution in [-0.4, -0.2) is 113 Å². The summed E-state index contributed by atoms with van der Waals surface area (Å²) in [5.41, 5.74) is 0. The van der Waals surface area contributed by atoms with Crippen LogP contribution in [0.5, 0.6) is 0 Å². The van der Waals surface area contributed by atoms with Crippen molar-refractivity contribution in [3.63, 3.8) is 0 Å². The van der Waals surface area contributed by atoms with Gasteiger partial charge in [-0.1, -0.05) is 200 Å². The molecule has 0 radical (unpaired) electrons. The molecule has 58 heavy (non-hydrogen) atoms. The van der Waals surface area contributed by atoms with Gasteiger partial charge in [0.15, 0.2) is 6.29 Å². The van der Waals surface area contributed by atoms with Crippen LogP contribution >= 0.6 is 0 Å². The summed E-state index contributed by atoms with van der Waals surface area (Å²) >= 11 is 0. The van der Waals surface area contributed by atoms with E-state index in [1.807, 2.05) is 0 Å². The summed E-state index contributed by atoms with van der Waals surface area (Å²) in [4.78, 5) is 0. The van der Waals surface area contributed by atoms with E-state index >= 15 is 0 Å². The summed E-state index contributed by atoms with van der Waals surface area (Å²) < 4.78 is 16.6. The van der Waals surface area contributed by atoms with Crippen molar-refractivity contribution in [1.29, 1.82) is 0 Å². The van der Waals surface area contributed by atoms with Crippen LogP contribution in [0.2, 0.25) is 0 Å². The summed E-state index contributed by atoms with van der Waals surface area (Å²) in [7, 11) is 0. The molecule has 0 spiro atoms. The highest BCUT2D eigenvalue weighted by Gasteiger charge is 2.44. The monoisotopic (exact) mass is 830 g/mol. The molecule has 8 atom stereocenters. The highest BCUT2D eigenvalue weighted by Crippen LogP contribution is 2.24. The summed E-state index contributed by atoms with van der Waals surface area (Å²) in [5, 5.41) is 65.9. The molecule has 2 aliphatic rings. The van der Waals surface area contributed by atoms with Crippen molar-refractivity contribution < 1.29 is 44.8 Å². The van der Waals surface area contributed by atoms with Crippen molar-refractivity contribution >= 4 is 0 Å². The van der Waals surface area contributed by atoms with Crippen LogP contribution in [0.15, 0.2) is 0 Å². The predicted molar refractivity (Wildman–Crippen MR) is 236 cm³/mol. The molecule has 0 saturated carbocycles. The van der Waals surface area contributed by atoms with E-state index < -0.39 is 55.6 Å². The molecule has 3 unspecified atom stereocenters. The zero-order valence-corrected chi connectivity index (χ0v) is 37.5. The fourth-order valence-electron chi connectivity index (χ4n) is 8.62. The lowest BCUT2D eigenvalue weighted by atomic mass is 9.98. The summed E-state index contributed by atoms with van der Waals surface area (Å²) in [6, 6.07) is -0.614. The fourth-order valence-corrected chi connectivity index (χ4v) is 8.62. The average molecular weight is 830 g/mol. The van der Waals surface area contributed by atoms with Gasteiger partial charge >= 0.3 is 0 Å². The molecule has 0 aromatic carbocycles. The third-order valence-corrected chi connectivity index (χ3v) is 12.9. The van der Waals surface area contributed by atoms with E-state index in [4.69, 9.17) is 14.2 Å². The second-order valence-electron chi connectivity index (χ2n) is 18.2. The van der Waals surface area contributed by atoms with Crippen molar-refractivity contribution in [2.45, 2.75) is 268 Å². The first-order valence-corrected chi connectivity index (χ1v) is 25.0. The van der Waals surface area contributed by atoms with Crippen molar-refractivity contribution in [2.75, 3.05) is 33.0 Å². The van der Waals surface area contributed by atoms with Gasteiger partial charge in [0.1, 0.15) is 24.4 Å². The fraction of sp³-hybridized carbons (Fsp3) is 1.00. The van der Waals surface area contributed by atoms with Crippen LogP contribution in [0.25, 0.3) is 0 Å². The van der Waals surface area contributed by atoms with E-state index in [0.29, 0.717) is 13.0 Å². The average Bonchev–Trinajstić information content (AvgIpc) is 3.21. The molecule has 2 saturated heterocycles. The number of hydrogen-bond acceptors (Lipinski definition) is 10. The highest BCUT2D eigenvalue weighted by atomic mass is 16.7. The number of ether oxygens (including phenoxy) is 3. The Morgan fingerprint density at radius 2 is 0.983 bits per heavy atom. The van der Waals surface area contributed by atoms with Gasteiger partial charge in [-0.05, 0) is 25.8 Å². The predicted octanol–water partition coefficient (Wildman–Crippen LogP) is 9.02. The molecule has 0 amide bonds. The molecule has 2 heterocycles. The van der Waals surface area contributed by atoms with E-state index in [1.165, 1.54) is 173 Å². The smallest absolute Gasteiger partial charge is 0.186 e. The minimum absolute atomic E-state index is 0.0726. The van der Waals surface area contributed by atoms with E-state index in [2.05, 4.69) is 12.2 Å². The van der Waals surface area contributed by atoms with Crippen molar-refractivity contribution in [3.8, 4) is 0 Å². The van der Waals surface area contributed by atoms with Crippen LogP contribution in [0, 0.1) is 5.92 Å². The quantitative estimate of drug-likeness (QED) is 0.0296. The summed E-state index contributed by atoms with van der Waals surface area (Å²) in [6.07, 6.45) is 33.0. The Bertz CT molecular complexity index is 880. The number of unbranched alkanes of at least 4 members (excludes halogenated alkanes) is 29. The van der Waals surface area contributed by atoms with Crippen molar-refractivity contribution in [3.05, 3.63) is 0 Å². The number of rotatable bonds is 42. The molecule has 2 aliphatic heterocycles. The maximum absolute atomic E-state index is 11.2. The van der Waals surface area contributed by atoms with E-state index in [-0.39, 0.29) is 6.61 Å². The Balaban J connectivity index is 1.52. The maximum atomic E-state index is 11.2. The summed E-state index contributed by atoms with van der Waals surface area (Å²) in [6.45, 7) is 4.31. The molecule has 10 heteroatoms. The largest absolute Gasteiger partial charge is 0.394 e. The minimum atomic E-state index is -1.53. The third-order valence-electron chi connectivity index (χ3n) is 12.9. The van der Waals surface area contributed by atoms with Crippen LogP contribution in [0.3, 0.4) is 0 Å². The number of aliphatic hydroxyl groups is 6. The van der Waals surface area contributed by atoms with Crippen molar-refractivity contribution in [2.24, 2.45) is 5.92 Å². The van der Waals surface area contributed by atoms with Gasteiger partial charge in [0.2, 0.25) is 0 Å². The maximum Gasteiger partial charge on any atom is 0.186 e. The Morgan fingerprint density at radius 3 is 1.41 bits per heavy atom. The van der Waals surface area contributed by atoms with Crippen molar-refractivity contribution in [1.82, 2.24) is 5.32 Å². The number of aliphatic hydroxyl groups excluding tert-OH is 6. The SMILES string of the molecule is CCCCCCCCCCCCCCC(O)C(O)C(CO[C@H]1O[C@H](CO)[C@H](O)[C@H](O)[C@H]1O)NCCCCCCCCCCCCCCCCCCCCCC1COC1. The number of nitrogens with one attached hydrogen (secondary N) is 1. The van der Waals surface area contributed by atoms with Gasteiger partial charge in [-0.2, -0.15) is 0 Å². The van der Waals surface area contributed by atoms with Gasteiger partial charge in [0.05, 0.1) is 44.7 Å². The first kappa shape index (κ1) is 53.7. The van der Waals surface area contributed by atoms with E-state index in [0.717, 1.165) is 51.2 Å². The van der Waals surface area contributed by atoms with Gasteiger partial charge in [0.25, 0.3) is 0 Å². The third kappa shape index (κ3) is 26.2. The van der Waals surface area contributed by atoms with Gasteiger partial charge < -0.3 is 50.2 Å². The van der Waals surface area contributed by atoms with Crippen LogP contribution in [0.1, 0.15) is 219 Å². The first-order valence-electron chi connectivity index (χ1n) is 25.0. The molecule has 10 nitrogen and oxygen atoms in total. The molecule has 0 bridgehead atoms. The lowest BCUT2D eigenvalue weighted by Gasteiger charge is -2.40. The Kier molecular flexibility index (Phi) is 34.4. The highest BCUT2D eigenvalue weighted by molar-refractivity contribution is 4.90. The topological polar surface area (TPSA) is 161 Å². The van der Waals surface area contributed by atoms with E-state index in [9.17, 15) is 30.6 Å². The molecule has 0 aliphatic carbocycles. The van der Waals surface area contributed by atoms with Crippen LogP contribution in [-0.2, 0) is 14.2 Å². The van der Waals surface area contributed by atoms with Gasteiger partial charge in [0, 0.05) is 5.92 Å². The zero-order chi connectivity index (χ0) is 41.9. The lowest BCUT2D eigenvalue weighted by Crippen LogP contribution is -2.60. The van der Waals surface area contributed by atoms with Gasteiger partial charge in [-0.3, -0.25) is 0 Å². The Labute approximate surface area is 356 Å². The lowest BCUT2D eigenvalue weighted by molar-refractivity contribution is -0.303. The normalized spacial score (nSPS) is 22.9.